The first-order valence-corrected chi connectivity index (χ1v) is 4.91. The maximum Gasteiger partial charge on any atom is 0.177 e. The van der Waals surface area contributed by atoms with Crippen LogP contribution in [0.15, 0.2) is 12.5 Å². The van der Waals surface area contributed by atoms with Crippen molar-refractivity contribution in [3.63, 3.8) is 0 Å². The third-order valence-electron chi connectivity index (χ3n) is 2.25. The number of aryl methyl sites for hydroxylation is 1. The van der Waals surface area contributed by atoms with Gasteiger partial charge in [-0.3, -0.25) is 4.98 Å². The normalized spacial score (nSPS) is 11.4. The fourth-order valence-corrected chi connectivity index (χ4v) is 1.46. The van der Waals surface area contributed by atoms with Gasteiger partial charge in [0.25, 0.3) is 0 Å². The number of rotatable bonds is 2. The minimum Gasteiger partial charge on any atom is -0.252 e. The Hall–Kier alpha value is -1.45. The van der Waals surface area contributed by atoms with Crippen molar-refractivity contribution in [2.45, 2.75) is 33.1 Å². The summed E-state index contributed by atoms with van der Waals surface area (Å²) in [6.07, 6.45) is 4.44. The minimum atomic E-state index is 0.383. The summed E-state index contributed by atoms with van der Waals surface area (Å²) in [5.74, 6) is 0.383. The van der Waals surface area contributed by atoms with Gasteiger partial charge in [-0.15, -0.1) is 0 Å². The van der Waals surface area contributed by atoms with E-state index in [1.54, 1.807) is 10.8 Å². The summed E-state index contributed by atoms with van der Waals surface area (Å²) >= 11 is 0. The molecule has 0 saturated carbocycles. The Kier molecular flexibility index (Phi) is 2.19. The van der Waals surface area contributed by atoms with Gasteiger partial charge in [0, 0.05) is 0 Å². The molecule has 74 valence electrons. The van der Waals surface area contributed by atoms with Gasteiger partial charge >= 0.3 is 0 Å². The van der Waals surface area contributed by atoms with Crippen LogP contribution in [0.2, 0.25) is 0 Å². The highest BCUT2D eigenvalue weighted by Crippen LogP contribution is 2.16. The van der Waals surface area contributed by atoms with Gasteiger partial charge in [0.15, 0.2) is 5.65 Å². The van der Waals surface area contributed by atoms with Crippen molar-refractivity contribution in [3.05, 3.63) is 23.9 Å². The molecule has 0 amide bonds. The highest BCUT2D eigenvalue weighted by atomic mass is 15.3. The smallest absolute Gasteiger partial charge is 0.177 e. The Labute approximate surface area is 83.0 Å². The molecule has 14 heavy (non-hydrogen) atoms. The average Bonchev–Trinajstić information content (AvgIpc) is 2.63. The molecule has 0 spiro atoms. The molecular formula is C10H14N4. The number of hydrogen-bond acceptors (Lipinski definition) is 3. The summed E-state index contributed by atoms with van der Waals surface area (Å²) < 4.78 is 1.81. The zero-order chi connectivity index (χ0) is 10.1. The van der Waals surface area contributed by atoms with Crippen LogP contribution in [-0.4, -0.2) is 19.6 Å². The van der Waals surface area contributed by atoms with Gasteiger partial charge in [-0.1, -0.05) is 20.8 Å². The predicted octanol–water partition coefficient (Wildman–Crippen LogP) is 1.81. The Morgan fingerprint density at radius 3 is 2.86 bits per heavy atom. The Morgan fingerprint density at radius 1 is 1.43 bits per heavy atom. The molecule has 2 aromatic heterocycles. The van der Waals surface area contributed by atoms with Crippen LogP contribution in [0.25, 0.3) is 5.65 Å². The van der Waals surface area contributed by atoms with Gasteiger partial charge in [-0.25, -0.2) is 9.50 Å². The number of hydrogen-bond donors (Lipinski definition) is 0. The molecule has 4 heteroatoms. The maximum atomic E-state index is 4.57. The monoisotopic (exact) mass is 190 g/mol. The van der Waals surface area contributed by atoms with Crippen LogP contribution in [0.3, 0.4) is 0 Å². The lowest BCUT2D eigenvalue weighted by Crippen LogP contribution is -2.03. The van der Waals surface area contributed by atoms with Crippen LogP contribution in [0.1, 0.15) is 38.1 Å². The molecule has 0 aliphatic rings. The molecule has 0 unspecified atom stereocenters. The number of aromatic nitrogens is 4. The first-order chi connectivity index (χ1) is 6.72. The van der Waals surface area contributed by atoms with Crippen molar-refractivity contribution < 1.29 is 0 Å². The van der Waals surface area contributed by atoms with E-state index in [9.17, 15) is 0 Å². The quantitative estimate of drug-likeness (QED) is 0.725. The summed E-state index contributed by atoms with van der Waals surface area (Å²) in [5, 5.41) is 4.14. The summed E-state index contributed by atoms with van der Waals surface area (Å²) in [7, 11) is 0. The molecule has 0 saturated heterocycles. The predicted molar refractivity (Wildman–Crippen MR) is 54.2 cm³/mol. The second-order valence-electron chi connectivity index (χ2n) is 3.65. The average molecular weight is 190 g/mol. The molecule has 2 heterocycles. The fraction of sp³-hybridized carbons (Fsp3) is 0.500. The molecule has 0 fully saturated rings. The maximum absolute atomic E-state index is 4.57. The lowest BCUT2D eigenvalue weighted by Gasteiger charge is -2.07. The standard InChI is InChI=1S/C10H14N4/c1-4-8-5-14-10(11-6-12-14)9(13-8)7(2)3/h5-7H,4H2,1-3H3. The SMILES string of the molecule is CCc1cn2ncnc2c(C(C)C)n1. The molecule has 0 aromatic carbocycles. The molecule has 2 aromatic rings. The van der Waals surface area contributed by atoms with Gasteiger partial charge in [0.2, 0.25) is 0 Å². The molecule has 0 atom stereocenters. The molecule has 0 aliphatic carbocycles. The molecule has 0 aliphatic heterocycles. The van der Waals surface area contributed by atoms with Crippen LogP contribution in [0.5, 0.6) is 0 Å². The zero-order valence-electron chi connectivity index (χ0n) is 8.73. The van der Waals surface area contributed by atoms with E-state index in [1.807, 2.05) is 6.20 Å². The Morgan fingerprint density at radius 2 is 2.21 bits per heavy atom. The van der Waals surface area contributed by atoms with E-state index in [1.165, 1.54) is 0 Å². The highest BCUT2D eigenvalue weighted by molar-refractivity contribution is 5.44. The first kappa shape index (κ1) is 9.12. The summed E-state index contributed by atoms with van der Waals surface area (Å²) in [5.41, 5.74) is 2.96. The summed E-state index contributed by atoms with van der Waals surface area (Å²) in [6.45, 7) is 6.34. The van der Waals surface area contributed by atoms with Crippen LogP contribution < -0.4 is 0 Å². The third-order valence-corrected chi connectivity index (χ3v) is 2.25. The van der Waals surface area contributed by atoms with Crippen LogP contribution in [-0.2, 0) is 6.42 Å². The summed E-state index contributed by atoms with van der Waals surface area (Å²) in [6, 6.07) is 0. The van der Waals surface area contributed by atoms with Crippen LogP contribution in [0, 0.1) is 0 Å². The van der Waals surface area contributed by atoms with Crippen molar-refractivity contribution >= 4 is 5.65 Å². The zero-order valence-corrected chi connectivity index (χ0v) is 8.73. The fourth-order valence-electron chi connectivity index (χ4n) is 1.46. The van der Waals surface area contributed by atoms with Gasteiger partial charge in [0.05, 0.1) is 17.6 Å². The van der Waals surface area contributed by atoms with E-state index >= 15 is 0 Å². The van der Waals surface area contributed by atoms with Crippen molar-refractivity contribution in [2.24, 2.45) is 0 Å². The summed E-state index contributed by atoms with van der Waals surface area (Å²) in [4.78, 5) is 8.77. The van der Waals surface area contributed by atoms with Crippen molar-refractivity contribution in [1.29, 1.82) is 0 Å². The van der Waals surface area contributed by atoms with Gasteiger partial charge in [-0.05, 0) is 12.3 Å². The molecule has 0 N–H and O–H groups in total. The van der Waals surface area contributed by atoms with Crippen LogP contribution >= 0.6 is 0 Å². The van der Waals surface area contributed by atoms with Gasteiger partial charge in [0.1, 0.15) is 6.33 Å². The van der Waals surface area contributed by atoms with E-state index < -0.39 is 0 Å². The van der Waals surface area contributed by atoms with E-state index in [-0.39, 0.29) is 0 Å². The number of fused-ring (bicyclic) bond motifs is 1. The lowest BCUT2D eigenvalue weighted by atomic mass is 10.1. The Balaban J connectivity index is 2.70. The largest absolute Gasteiger partial charge is 0.252 e. The second kappa shape index (κ2) is 3.36. The molecule has 0 bridgehead atoms. The lowest BCUT2D eigenvalue weighted by molar-refractivity contribution is 0.783. The van der Waals surface area contributed by atoms with E-state index in [2.05, 4.69) is 35.8 Å². The molecule has 4 nitrogen and oxygen atoms in total. The van der Waals surface area contributed by atoms with Crippen molar-refractivity contribution in [1.82, 2.24) is 19.6 Å². The third kappa shape index (κ3) is 1.36. The van der Waals surface area contributed by atoms with Gasteiger partial charge < -0.3 is 0 Å². The molecular weight excluding hydrogens is 176 g/mol. The van der Waals surface area contributed by atoms with E-state index in [0.717, 1.165) is 23.5 Å². The van der Waals surface area contributed by atoms with Crippen molar-refractivity contribution in [3.8, 4) is 0 Å². The second-order valence-corrected chi connectivity index (χ2v) is 3.65. The minimum absolute atomic E-state index is 0.383. The molecule has 2 rings (SSSR count). The highest BCUT2D eigenvalue weighted by Gasteiger charge is 2.10. The Bertz CT molecular complexity index is 444. The first-order valence-electron chi connectivity index (χ1n) is 4.91. The van der Waals surface area contributed by atoms with E-state index in [0.29, 0.717) is 5.92 Å². The van der Waals surface area contributed by atoms with Gasteiger partial charge in [-0.2, -0.15) is 5.10 Å². The van der Waals surface area contributed by atoms with Crippen molar-refractivity contribution in [2.75, 3.05) is 0 Å². The topological polar surface area (TPSA) is 43.1 Å². The van der Waals surface area contributed by atoms with Crippen LogP contribution in [0.4, 0.5) is 0 Å². The van der Waals surface area contributed by atoms with E-state index in [4.69, 9.17) is 0 Å². The molecule has 0 radical (unpaired) electrons. The number of nitrogens with zero attached hydrogens (tertiary/aromatic N) is 4.